The summed E-state index contributed by atoms with van der Waals surface area (Å²) >= 11 is 0. The second-order valence-corrected chi connectivity index (χ2v) is 6.70. The minimum absolute atomic E-state index is 0.0131. The van der Waals surface area contributed by atoms with E-state index in [0.29, 0.717) is 15.5 Å². The lowest BCUT2D eigenvalue weighted by Crippen LogP contribution is -2.39. The molecule has 0 aliphatic carbocycles. The van der Waals surface area contributed by atoms with E-state index in [1.807, 2.05) is 6.07 Å². The number of aryl methyl sites for hydroxylation is 1. The molecule has 0 aromatic heterocycles. The van der Waals surface area contributed by atoms with E-state index in [4.69, 9.17) is 5.11 Å². The van der Waals surface area contributed by atoms with Crippen LogP contribution < -0.4 is 11.2 Å². The topological polar surface area (TPSA) is 137 Å². The Kier molecular flexibility index (Phi) is 4.38. The number of hydrogen-bond donors (Lipinski definition) is 1. The molecule has 0 bridgehead atoms. The number of pyridine rings is 1. The molecule has 4 rings (SSSR count). The van der Waals surface area contributed by atoms with Crippen LogP contribution in [0.4, 0.5) is 5.69 Å². The molecule has 0 radical (unpaired) electrons. The molecular formula is C20H14N4O6. The molecule has 2 aromatic carbocycles. The van der Waals surface area contributed by atoms with Crippen molar-refractivity contribution in [3.8, 4) is 22.5 Å². The van der Waals surface area contributed by atoms with E-state index in [1.54, 1.807) is 41.9 Å². The van der Waals surface area contributed by atoms with Gasteiger partial charge >= 0.3 is 11.7 Å². The molecule has 0 atom stereocenters. The second-order valence-electron chi connectivity index (χ2n) is 6.70. The summed E-state index contributed by atoms with van der Waals surface area (Å²) < 4.78 is 2.18. The summed E-state index contributed by atoms with van der Waals surface area (Å²) in [6.07, 6.45) is 0. The first kappa shape index (κ1) is 19.0. The third kappa shape index (κ3) is 3.09. The number of benzene rings is 2. The van der Waals surface area contributed by atoms with Crippen LogP contribution in [0.15, 0.2) is 58.1 Å². The van der Waals surface area contributed by atoms with Gasteiger partial charge in [-0.25, -0.2) is 9.36 Å². The Hall–Kier alpha value is -4.34. The van der Waals surface area contributed by atoms with Crippen LogP contribution in [-0.4, -0.2) is 30.1 Å². The summed E-state index contributed by atoms with van der Waals surface area (Å²) in [7, 11) is 1.65. The van der Waals surface area contributed by atoms with Gasteiger partial charge < -0.3 is 9.67 Å². The zero-order chi connectivity index (χ0) is 21.6. The van der Waals surface area contributed by atoms with Crippen molar-refractivity contribution in [2.45, 2.75) is 6.54 Å². The molecule has 10 heteroatoms. The fraction of sp³-hybridized carbons (Fsp3) is 0.100. The fourth-order valence-corrected chi connectivity index (χ4v) is 3.38. The Balaban J connectivity index is 1.92. The first-order valence-electron chi connectivity index (χ1n) is 8.77. The summed E-state index contributed by atoms with van der Waals surface area (Å²) in [6, 6.07) is 13.1. The Bertz CT molecular complexity index is 1420. The van der Waals surface area contributed by atoms with Crippen LogP contribution in [0.2, 0.25) is 0 Å². The molecule has 0 fully saturated rings. The van der Waals surface area contributed by atoms with E-state index >= 15 is 0 Å². The Labute approximate surface area is 167 Å². The van der Waals surface area contributed by atoms with Crippen LogP contribution >= 0.6 is 0 Å². The molecule has 0 amide bonds. The predicted molar refractivity (Wildman–Crippen MR) is 108 cm³/mol. The molecule has 2 aliphatic rings. The average Bonchev–Trinajstić information content (AvgIpc) is 2.72. The number of aromatic nitrogens is 3. The molecule has 0 unspecified atom stereocenters. The number of carboxylic acid groups (broad SMARTS) is 1. The Morgan fingerprint density at radius 3 is 2.40 bits per heavy atom. The normalized spacial score (nSPS) is 11.1. The third-order valence-electron chi connectivity index (χ3n) is 4.86. The summed E-state index contributed by atoms with van der Waals surface area (Å²) in [5.74, 6) is -1.17. The van der Waals surface area contributed by atoms with Gasteiger partial charge in [0.15, 0.2) is 5.82 Å². The maximum atomic E-state index is 12.6. The van der Waals surface area contributed by atoms with E-state index in [-0.39, 0.29) is 17.1 Å². The number of carboxylic acids is 1. The van der Waals surface area contributed by atoms with Crippen molar-refractivity contribution >= 4 is 22.6 Å². The molecule has 2 aromatic rings. The van der Waals surface area contributed by atoms with E-state index in [2.05, 4.69) is 4.98 Å². The van der Waals surface area contributed by atoms with E-state index in [9.17, 15) is 24.5 Å². The van der Waals surface area contributed by atoms with Crippen molar-refractivity contribution in [1.82, 2.24) is 14.1 Å². The number of nitro groups is 1. The number of hydrogen-bond acceptors (Lipinski definition) is 6. The zero-order valence-corrected chi connectivity index (χ0v) is 15.6. The standard InChI is InChI=1S/C20H14N4O6/c1-22-16-9-12(11-4-6-14(7-5-11)24(29)30)2-3-13(16)8-15-18(22)21-20(28)23(19(15)27)10-17(25)26/h2-9H,10H2,1H3,(H,25,26). The molecule has 150 valence electrons. The number of nitrogens with zero attached hydrogens (tertiary/aromatic N) is 4. The van der Waals surface area contributed by atoms with Gasteiger partial charge in [-0.05, 0) is 40.8 Å². The molecule has 2 heterocycles. The van der Waals surface area contributed by atoms with Gasteiger partial charge in [-0.2, -0.15) is 4.98 Å². The van der Waals surface area contributed by atoms with Crippen LogP contribution in [0.1, 0.15) is 0 Å². The maximum absolute atomic E-state index is 12.6. The molecule has 0 spiro atoms. The lowest BCUT2D eigenvalue weighted by Gasteiger charge is -2.15. The number of non-ortho nitro benzene ring substituents is 1. The lowest BCUT2D eigenvalue weighted by molar-refractivity contribution is -0.384. The molecule has 0 saturated carbocycles. The third-order valence-corrected chi connectivity index (χ3v) is 4.86. The van der Waals surface area contributed by atoms with Gasteiger partial charge in [-0.15, -0.1) is 0 Å². The quantitative estimate of drug-likeness (QED) is 0.310. The number of carbonyl (C=O) groups is 1. The predicted octanol–water partition coefficient (Wildman–Crippen LogP) is 1.86. The maximum Gasteiger partial charge on any atom is 0.353 e. The lowest BCUT2D eigenvalue weighted by atomic mass is 10.0. The number of nitro benzene ring substituents is 1. The van der Waals surface area contributed by atoms with E-state index in [0.717, 1.165) is 11.1 Å². The van der Waals surface area contributed by atoms with Crippen LogP contribution in [0, 0.1) is 10.1 Å². The van der Waals surface area contributed by atoms with Crippen molar-refractivity contribution in [3.63, 3.8) is 0 Å². The van der Waals surface area contributed by atoms with Crippen molar-refractivity contribution in [1.29, 1.82) is 0 Å². The first-order valence-corrected chi connectivity index (χ1v) is 8.77. The Morgan fingerprint density at radius 2 is 1.77 bits per heavy atom. The van der Waals surface area contributed by atoms with Crippen LogP contribution in [0.3, 0.4) is 0 Å². The molecular weight excluding hydrogens is 392 g/mol. The number of aliphatic carboxylic acids is 1. The Morgan fingerprint density at radius 1 is 1.10 bits per heavy atom. The van der Waals surface area contributed by atoms with E-state index in [1.165, 1.54) is 12.1 Å². The van der Waals surface area contributed by atoms with E-state index < -0.39 is 28.7 Å². The van der Waals surface area contributed by atoms with Crippen LogP contribution in [0.25, 0.3) is 33.4 Å². The molecule has 2 aliphatic heterocycles. The summed E-state index contributed by atoms with van der Waals surface area (Å²) in [6.45, 7) is -0.762. The van der Waals surface area contributed by atoms with Gasteiger partial charge in [-0.1, -0.05) is 12.1 Å². The van der Waals surface area contributed by atoms with Gasteiger partial charge in [0, 0.05) is 24.7 Å². The van der Waals surface area contributed by atoms with Gasteiger partial charge in [0.1, 0.15) is 6.54 Å². The molecule has 30 heavy (non-hydrogen) atoms. The zero-order valence-electron chi connectivity index (χ0n) is 15.6. The second kappa shape index (κ2) is 6.92. The van der Waals surface area contributed by atoms with Gasteiger partial charge in [0.25, 0.3) is 11.2 Å². The molecule has 0 saturated heterocycles. The van der Waals surface area contributed by atoms with Gasteiger partial charge in [-0.3, -0.25) is 19.7 Å². The first-order chi connectivity index (χ1) is 14.3. The molecule has 10 nitrogen and oxygen atoms in total. The molecule has 1 N–H and O–H groups in total. The fourth-order valence-electron chi connectivity index (χ4n) is 3.38. The smallest absolute Gasteiger partial charge is 0.353 e. The highest BCUT2D eigenvalue weighted by Crippen LogP contribution is 2.29. The van der Waals surface area contributed by atoms with Crippen molar-refractivity contribution in [2.75, 3.05) is 0 Å². The minimum atomic E-state index is -1.31. The monoisotopic (exact) mass is 406 g/mol. The number of fused-ring (bicyclic) bond motifs is 2. The van der Waals surface area contributed by atoms with Crippen molar-refractivity contribution < 1.29 is 14.8 Å². The minimum Gasteiger partial charge on any atom is -0.480 e. The van der Waals surface area contributed by atoms with Crippen molar-refractivity contribution in [2.24, 2.45) is 7.05 Å². The van der Waals surface area contributed by atoms with Gasteiger partial charge in [0.05, 0.1) is 10.5 Å². The summed E-state index contributed by atoms with van der Waals surface area (Å²) in [5, 5.41) is 20.5. The van der Waals surface area contributed by atoms with Crippen LogP contribution in [0.5, 0.6) is 0 Å². The highest BCUT2D eigenvalue weighted by Gasteiger charge is 2.19. The summed E-state index contributed by atoms with van der Waals surface area (Å²) in [5.41, 5.74) is 0.696. The number of rotatable bonds is 4. The van der Waals surface area contributed by atoms with Crippen molar-refractivity contribution in [3.05, 3.63) is 79.5 Å². The highest BCUT2D eigenvalue weighted by molar-refractivity contribution is 5.89. The SMILES string of the molecule is Cn1c2nc(=O)n(CC(=O)O)c(=O)c-2cc2ccc(-c3ccc([N+](=O)[O-])cc3)cc21. The summed E-state index contributed by atoms with van der Waals surface area (Å²) in [4.78, 5) is 50.0. The van der Waals surface area contributed by atoms with Gasteiger partial charge in [0.2, 0.25) is 0 Å². The highest BCUT2D eigenvalue weighted by atomic mass is 16.6. The largest absolute Gasteiger partial charge is 0.480 e. The average molecular weight is 406 g/mol. The van der Waals surface area contributed by atoms with Crippen LogP contribution in [-0.2, 0) is 18.4 Å².